The van der Waals surface area contributed by atoms with Crippen molar-refractivity contribution in [2.24, 2.45) is 0 Å². The van der Waals surface area contributed by atoms with E-state index in [2.05, 4.69) is 38.7 Å². The first-order chi connectivity index (χ1) is 11.2. The summed E-state index contributed by atoms with van der Waals surface area (Å²) in [7, 11) is 0. The van der Waals surface area contributed by atoms with E-state index in [1.54, 1.807) is 13.8 Å². The van der Waals surface area contributed by atoms with Crippen LogP contribution in [-0.4, -0.2) is 42.7 Å². The zero-order valence-electron chi connectivity index (χ0n) is 16.7. The number of carbonyl (C=O) groups excluding carboxylic acids is 1. The van der Waals surface area contributed by atoms with Crippen molar-refractivity contribution in [3.8, 4) is 5.75 Å². The molecule has 0 amide bonds. The van der Waals surface area contributed by atoms with Crippen molar-refractivity contribution in [3.63, 3.8) is 0 Å². The van der Waals surface area contributed by atoms with Crippen molar-refractivity contribution in [1.82, 2.24) is 4.90 Å². The highest BCUT2D eigenvalue weighted by Crippen LogP contribution is 2.28. The molecule has 0 aliphatic rings. The van der Waals surface area contributed by atoms with E-state index in [1.165, 1.54) is 5.56 Å². The molecule has 5 heteroatoms. The lowest BCUT2D eigenvalue weighted by Gasteiger charge is -2.26. The highest BCUT2D eigenvalue weighted by molar-refractivity contribution is 5.85. The number of likely N-dealkylation sites (N-methyl/N-ethyl adjacent to an activating group) is 1. The van der Waals surface area contributed by atoms with Gasteiger partial charge in [-0.15, -0.1) is 12.4 Å². The van der Waals surface area contributed by atoms with E-state index in [-0.39, 0.29) is 18.4 Å². The largest absolute Gasteiger partial charge is 0.476 e. The number of hydrogen-bond acceptors (Lipinski definition) is 4. The zero-order chi connectivity index (χ0) is 18.3. The van der Waals surface area contributed by atoms with Crippen LogP contribution in [0.25, 0.3) is 0 Å². The Hall–Kier alpha value is -1.26. The van der Waals surface area contributed by atoms with Crippen LogP contribution in [0.4, 0.5) is 0 Å². The van der Waals surface area contributed by atoms with Crippen LogP contribution in [0.2, 0.25) is 0 Å². The molecule has 0 aliphatic heterocycles. The summed E-state index contributed by atoms with van der Waals surface area (Å²) in [6.45, 7) is 17.0. The molecule has 0 N–H and O–H groups in total. The molecule has 1 rings (SSSR count). The van der Waals surface area contributed by atoms with E-state index in [0.29, 0.717) is 12.5 Å². The van der Waals surface area contributed by atoms with Crippen molar-refractivity contribution in [2.75, 3.05) is 26.2 Å². The summed E-state index contributed by atoms with van der Waals surface area (Å²) in [5.74, 6) is 0.827. The monoisotopic (exact) mass is 371 g/mol. The maximum absolute atomic E-state index is 12.4. The number of rotatable bonds is 9. The van der Waals surface area contributed by atoms with Crippen LogP contribution in [-0.2, 0) is 9.53 Å². The molecular weight excluding hydrogens is 338 g/mol. The Morgan fingerprint density at radius 3 is 2.32 bits per heavy atom. The molecule has 0 unspecified atom stereocenters. The normalized spacial score (nSPS) is 11.4. The Labute approximate surface area is 159 Å². The third kappa shape index (κ3) is 7.25. The van der Waals surface area contributed by atoms with Crippen LogP contribution in [0.15, 0.2) is 18.2 Å². The summed E-state index contributed by atoms with van der Waals surface area (Å²) in [5.41, 5.74) is 1.20. The molecule has 0 radical (unpaired) electrons. The van der Waals surface area contributed by atoms with Gasteiger partial charge >= 0.3 is 5.97 Å². The van der Waals surface area contributed by atoms with Gasteiger partial charge in [0.1, 0.15) is 12.4 Å². The number of benzene rings is 1. The van der Waals surface area contributed by atoms with E-state index in [0.717, 1.165) is 30.9 Å². The van der Waals surface area contributed by atoms with E-state index in [9.17, 15) is 4.79 Å². The van der Waals surface area contributed by atoms with Crippen LogP contribution in [0.5, 0.6) is 5.75 Å². The lowest BCUT2D eigenvalue weighted by Crippen LogP contribution is -2.41. The van der Waals surface area contributed by atoms with Crippen molar-refractivity contribution < 1.29 is 14.3 Å². The standard InChI is InChI=1S/C20H33NO3.ClH/c1-8-21(9-2)12-13-23-19(22)20(6,7)24-18-14-17(15(3)4)11-10-16(18)5;/h10-11,14-15H,8-9,12-13H2,1-7H3;1H. The second-order valence-corrected chi connectivity index (χ2v) is 6.95. The number of ether oxygens (including phenoxy) is 2. The maximum atomic E-state index is 12.4. The number of halogens is 1. The minimum Gasteiger partial charge on any atom is -0.476 e. The van der Waals surface area contributed by atoms with Gasteiger partial charge in [0.05, 0.1) is 0 Å². The third-order valence-corrected chi connectivity index (χ3v) is 4.27. The number of esters is 1. The third-order valence-electron chi connectivity index (χ3n) is 4.27. The fourth-order valence-electron chi connectivity index (χ4n) is 2.38. The maximum Gasteiger partial charge on any atom is 0.349 e. The molecule has 144 valence electrons. The van der Waals surface area contributed by atoms with E-state index >= 15 is 0 Å². The number of aryl methyl sites for hydroxylation is 1. The summed E-state index contributed by atoms with van der Waals surface area (Å²) < 4.78 is 11.4. The number of hydrogen-bond donors (Lipinski definition) is 0. The van der Waals surface area contributed by atoms with Crippen molar-refractivity contribution in [3.05, 3.63) is 29.3 Å². The average molecular weight is 372 g/mol. The molecule has 0 bridgehead atoms. The highest BCUT2D eigenvalue weighted by atomic mass is 35.5. The van der Waals surface area contributed by atoms with Crippen LogP contribution in [0.1, 0.15) is 58.6 Å². The predicted molar refractivity (Wildman–Crippen MR) is 106 cm³/mol. The molecule has 0 aromatic heterocycles. The predicted octanol–water partition coefficient (Wildman–Crippen LogP) is 4.58. The minimum absolute atomic E-state index is 0. The topological polar surface area (TPSA) is 38.8 Å². The van der Waals surface area contributed by atoms with Gasteiger partial charge in [0.15, 0.2) is 5.60 Å². The van der Waals surface area contributed by atoms with Crippen molar-refractivity contribution >= 4 is 18.4 Å². The fourth-order valence-corrected chi connectivity index (χ4v) is 2.38. The van der Waals surface area contributed by atoms with Crippen LogP contribution >= 0.6 is 12.4 Å². The molecule has 0 aliphatic carbocycles. The van der Waals surface area contributed by atoms with Crippen molar-refractivity contribution in [1.29, 1.82) is 0 Å². The van der Waals surface area contributed by atoms with E-state index < -0.39 is 5.60 Å². The Balaban J connectivity index is 0.00000576. The molecule has 0 spiro atoms. The molecule has 1 aromatic rings. The lowest BCUT2D eigenvalue weighted by molar-refractivity contribution is -0.159. The minimum atomic E-state index is -1.01. The van der Waals surface area contributed by atoms with Gasteiger partial charge in [-0.2, -0.15) is 0 Å². The van der Waals surface area contributed by atoms with Gasteiger partial charge in [0.2, 0.25) is 0 Å². The first-order valence-electron chi connectivity index (χ1n) is 8.90. The molecule has 25 heavy (non-hydrogen) atoms. The molecule has 0 saturated carbocycles. The molecule has 0 saturated heterocycles. The Bertz CT molecular complexity index is 540. The first kappa shape index (κ1) is 23.7. The lowest BCUT2D eigenvalue weighted by atomic mass is 10.0. The van der Waals surface area contributed by atoms with Gasteiger partial charge in [-0.05, 0) is 57.0 Å². The van der Waals surface area contributed by atoms with Gasteiger partial charge < -0.3 is 14.4 Å². The quantitative estimate of drug-likeness (QED) is 0.595. The molecule has 0 atom stereocenters. The molecule has 1 aromatic carbocycles. The zero-order valence-corrected chi connectivity index (χ0v) is 17.5. The van der Waals surface area contributed by atoms with Crippen LogP contribution in [0.3, 0.4) is 0 Å². The van der Waals surface area contributed by atoms with Gasteiger partial charge in [0.25, 0.3) is 0 Å². The van der Waals surface area contributed by atoms with Gasteiger partial charge in [-0.25, -0.2) is 4.79 Å². The van der Waals surface area contributed by atoms with Gasteiger partial charge in [0, 0.05) is 6.54 Å². The summed E-state index contributed by atoms with van der Waals surface area (Å²) >= 11 is 0. The summed E-state index contributed by atoms with van der Waals surface area (Å²) in [6, 6.07) is 6.15. The van der Waals surface area contributed by atoms with Crippen LogP contribution < -0.4 is 4.74 Å². The average Bonchev–Trinajstić information content (AvgIpc) is 2.53. The molecule has 0 heterocycles. The van der Waals surface area contributed by atoms with E-state index in [4.69, 9.17) is 9.47 Å². The van der Waals surface area contributed by atoms with Crippen LogP contribution in [0, 0.1) is 6.92 Å². The molecular formula is C20H34ClNO3. The summed E-state index contributed by atoms with van der Waals surface area (Å²) in [4.78, 5) is 14.6. The number of nitrogens with zero attached hydrogens (tertiary/aromatic N) is 1. The fraction of sp³-hybridized carbons (Fsp3) is 0.650. The SMILES string of the molecule is CCN(CC)CCOC(=O)C(C)(C)Oc1cc(C(C)C)ccc1C.Cl. The van der Waals surface area contributed by atoms with E-state index in [1.807, 2.05) is 19.1 Å². The van der Waals surface area contributed by atoms with Crippen molar-refractivity contribution in [2.45, 2.75) is 60.0 Å². The summed E-state index contributed by atoms with van der Waals surface area (Å²) in [6.07, 6.45) is 0. The smallest absolute Gasteiger partial charge is 0.349 e. The molecule has 4 nitrogen and oxygen atoms in total. The van der Waals surface area contributed by atoms with Gasteiger partial charge in [-0.1, -0.05) is 39.8 Å². The molecule has 0 fully saturated rings. The number of carbonyl (C=O) groups is 1. The second-order valence-electron chi connectivity index (χ2n) is 6.95. The Morgan fingerprint density at radius 1 is 1.20 bits per heavy atom. The Kier molecular flexibility index (Phi) is 10.1. The first-order valence-corrected chi connectivity index (χ1v) is 8.90. The second kappa shape index (κ2) is 10.7. The Morgan fingerprint density at radius 2 is 1.80 bits per heavy atom. The summed E-state index contributed by atoms with van der Waals surface area (Å²) in [5, 5.41) is 0. The van der Waals surface area contributed by atoms with Gasteiger partial charge in [-0.3, -0.25) is 0 Å². The highest BCUT2D eigenvalue weighted by Gasteiger charge is 2.32.